The summed E-state index contributed by atoms with van der Waals surface area (Å²) in [6.45, 7) is 5.24. The first-order valence-corrected chi connectivity index (χ1v) is 15.6. The Kier molecular flexibility index (Phi) is 11.0. The molecule has 0 saturated carbocycles. The van der Waals surface area contributed by atoms with E-state index in [4.69, 9.17) is 23.2 Å². The van der Waals surface area contributed by atoms with Crippen molar-refractivity contribution in [3.63, 3.8) is 0 Å². The van der Waals surface area contributed by atoms with E-state index < -0.39 is 28.5 Å². The second-order valence-electron chi connectivity index (χ2n) is 9.90. The minimum atomic E-state index is -3.83. The van der Waals surface area contributed by atoms with E-state index in [0.29, 0.717) is 27.7 Å². The molecule has 2 atom stereocenters. The summed E-state index contributed by atoms with van der Waals surface area (Å²) in [6, 6.07) is 20.3. The fraction of sp³-hybridized carbons (Fsp3) is 0.333. The zero-order valence-corrected chi connectivity index (χ0v) is 25.4. The molecule has 0 aliphatic heterocycles. The van der Waals surface area contributed by atoms with Gasteiger partial charge in [-0.1, -0.05) is 78.7 Å². The van der Waals surface area contributed by atoms with Gasteiger partial charge in [0.05, 0.1) is 22.0 Å². The number of nitrogens with zero attached hydrogens (tertiary/aromatic N) is 2. The Hall–Kier alpha value is -3.07. The van der Waals surface area contributed by atoms with Crippen molar-refractivity contribution in [3.8, 4) is 0 Å². The summed E-state index contributed by atoms with van der Waals surface area (Å²) in [5, 5.41) is 3.68. The van der Waals surface area contributed by atoms with Crippen LogP contribution in [-0.2, 0) is 32.6 Å². The van der Waals surface area contributed by atoms with Crippen molar-refractivity contribution >= 4 is 50.7 Å². The van der Waals surface area contributed by atoms with Crippen LogP contribution in [-0.4, -0.2) is 50.0 Å². The minimum absolute atomic E-state index is 0.0204. The SMILES string of the molecule is CC[C@@H](C)NC(=O)[C@H](Cc1ccccc1)N(Cc1ccc(Cl)c(Cl)c1)C(=O)CN(c1cccc(C)c1)S(C)(=O)=O. The van der Waals surface area contributed by atoms with Crippen molar-refractivity contribution in [2.24, 2.45) is 0 Å². The highest BCUT2D eigenvalue weighted by molar-refractivity contribution is 7.92. The maximum Gasteiger partial charge on any atom is 0.244 e. The number of carbonyl (C=O) groups is 2. The maximum absolute atomic E-state index is 14.1. The lowest BCUT2D eigenvalue weighted by Gasteiger charge is -2.34. The summed E-state index contributed by atoms with van der Waals surface area (Å²) < 4.78 is 26.8. The lowest BCUT2D eigenvalue weighted by atomic mass is 10.0. The molecule has 7 nitrogen and oxygen atoms in total. The first-order chi connectivity index (χ1) is 18.9. The Morgan fingerprint density at radius 3 is 2.23 bits per heavy atom. The van der Waals surface area contributed by atoms with Crippen LogP contribution < -0.4 is 9.62 Å². The Bertz CT molecular complexity index is 1430. The van der Waals surface area contributed by atoms with Crippen molar-refractivity contribution < 1.29 is 18.0 Å². The van der Waals surface area contributed by atoms with Crippen LogP contribution in [0, 0.1) is 6.92 Å². The van der Waals surface area contributed by atoms with E-state index in [1.54, 1.807) is 36.4 Å². The van der Waals surface area contributed by atoms with E-state index in [2.05, 4.69) is 5.32 Å². The van der Waals surface area contributed by atoms with Gasteiger partial charge in [0.25, 0.3) is 0 Å². The third-order valence-corrected chi connectivity index (χ3v) is 8.46. The molecule has 0 unspecified atom stereocenters. The fourth-order valence-electron chi connectivity index (χ4n) is 4.23. The second-order valence-corrected chi connectivity index (χ2v) is 12.6. The maximum atomic E-state index is 14.1. The molecule has 214 valence electrons. The number of rotatable bonds is 12. The smallest absolute Gasteiger partial charge is 0.244 e. The standard InChI is InChI=1S/C30H35Cl2N3O4S/c1-5-22(3)33-30(37)28(18-23-11-7-6-8-12-23)34(19-24-14-15-26(31)27(32)17-24)29(36)20-35(40(4,38)39)25-13-9-10-21(2)16-25/h6-17,22,28H,5,18-20H2,1-4H3,(H,33,37)/t22-,28+/m1/s1. The molecule has 10 heteroatoms. The highest BCUT2D eigenvalue weighted by Crippen LogP contribution is 2.25. The van der Waals surface area contributed by atoms with Crippen LogP contribution in [0.25, 0.3) is 0 Å². The molecule has 2 amide bonds. The lowest BCUT2D eigenvalue weighted by Crippen LogP contribution is -2.54. The first-order valence-electron chi connectivity index (χ1n) is 13.0. The molecule has 3 aromatic rings. The van der Waals surface area contributed by atoms with Crippen molar-refractivity contribution in [2.45, 2.75) is 52.2 Å². The molecule has 0 heterocycles. The molecule has 0 aliphatic rings. The highest BCUT2D eigenvalue weighted by Gasteiger charge is 2.33. The summed E-state index contributed by atoms with van der Waals surface area (Å²) in [5.41, 5.74) is 2.73. The number of hydrogen-bond acceptors (Lipinski definition) is 4. The third kappa shape index (κ3) is 8.71. The van der Waals surface area contributed by atoms with Gasteiger partial charge < -0.3 is 10.2 Å². The quantitative estimate of drug-likeness (QED) is 0.291. The van der Waals surface area contributed by atoms with Gasteiger partial charge >= 0.3 is 0 Å². The largest absolute Gasteiger partial charge is 0.352 e. The van der Waals surface area contributed by atoms with Crippen LogP contribution in [0.3, 0.4) is 0 Å². The van der Waals surface area contributed by atoms with Crippen LogP contribution >= 0.6 is 23.2 Å². The highest BCUT2D eigenvalue weighted by atomic mass is 35.5. The van der Waals surface area contributed by atoms with Crippen molar-refractivity contribution in [3.05, 3.63) is 99.5 Å². The van der Waals surface area contributed by atoms with Crippen LogP contribution in [0.15, 0.2) is 72.8 Å². The summed E-state index contributed by atoms with van der Waals surface area (Å²) in [7, 11) is -3.83. The van der Waals surface area contributed by atoms with Crippen molar-refractivity contribution in [1.29, 1.82) is 0 Å². The van der Waals surface area contributed by atoms with Gasteiger partial charge in [-0.25, -0.2) is 8.42 Å². The molecular weight excluding hydrogens is 569 g/mol. The van der Waals surface area contributed by atoms with Gasteiger partial charge in [0.15, 0.2) is 0 Å². The van der Waals surface area contributed by atoms with Crippen LogP contribution in [0.2, 0.25) is 10.0 Å². The predicted molar refractivity (Wildman–Crippen MR) is 162 cm³/mol. The summed E-state index contributed by atoms with van der Waals surface area (Å²) in [5.74, 6) is -0.855. The molecule has 0 spiro atoms. The molecule has 3 aromatic carbocycles. The van der Waals surface area contributed by atoms with Gasteiger partial charge in [-0.05, 0) is 61.2 Å². The van der Waals surface area contributed by atoms with E-state index >= 15 is 0 Å². The molecule has 1 N–H and O–H groups in total. The van der Waals surface area contributed by atoms with Crippen LogP contribution in [0.4, 0.5) is 5.69 Å². The number of halogens is 2. The molecule has 0 radical (unpaired) electrons. The van der Waals surface area contributed by atoms with E-state index in [1.807, 2.05) is 57.2 Å². The molecule has 0 aliphatic carbocycles. The second kappa shape index (κ2) is 14.0. The first kappa shape index (κ1) is 31.5. The predicted octanol–water partition coefficient (Wildman–Crippen LogP) is 5.62. The summed E-state index contributed by atoms with van der Waals surface area (Å²) in [4.78, 5) is 29.2. The Balaban J connectivity index is 2.08. The number of aryl methyl sites for hydroxylation is 1. The molecule has 0 fully saturated rings. The number of amides is 2. The number of nitrogens with one attached hydrogen (secondary N) is 1. The summed E-state index contributed by atoms with van der Waals surface area (Å²) in [6.07, 6.45) is 2.00. The van der Waals surface area contributed by atoms with E-state index in [-0.39, 0.29) is 24.9 Å². The Morgan fingerprint density at radius 1 is 0.925 bits per heavy atom. The van der Waals surface area contributed by atoms with Crippen LogP contribution in [0.1, 0.15) is 37.0 Å². The summed E-state index contributed by atoms with van der Waals surface area (Å²) >= 11 is 12.4. The average Bonchev–Trinajstić information content (AvgIpc) is 2.90. The molecule has 3 rings (SSSR count). The third-order valence-electron chi connectivity index (χ3n) is 6.58. The van der Waals surface area contributed by atoms with Gasteiger partial charge in [-0.3, -0.25) is 13.9 Å². The van der Waals surface area contributed by atoms with Gasteiger partial charge in [0.1, 0.15) is 12.6 Å². The normalized spacial score (nSPS) is 12.8. The number of anilines is 1. The number of sulfonamides is 1. The minimum Gasteiger partial charge on any atom is -0.352 e. The van der Waals surface area contributed by atoms with E-state index in [9.17, 15) is 18.0 Å². The average molecular weight is 605 g/mol. The molecule has 0 saturated heterocycles. The molecule has 40 heavy (non-hydrogen) atoms. The lowest BCUT2D eigenvalue weighted by molar-refractivity contribution is -0.140. The van der Waals surface area contributed by atoms with E-state index in [0.717, 1.165) is 21.7 Å². The van der Waals surface area contributed by atoms with Gasteiger partial charge in [-0.2, -0.15) is 0 Å². The topological polar surface area (TPSA) is 86.8 Å². The number of carbonyl (C=O) groups excluding carboxylic acids is 2. The van der Waals surface area contributed by atoms with Crippen LogP contribution in [0.5, 0.6) is 0 Å². The monoisotopic (exact) mass is 603 g/mol. The fourth-order valence-corrected chi connectivity index (χ4v) is 5.39. The number of hydrogen-bond donors (Lipinski definition) is 1. The molecule has 0 bridgehead atoms. The molecular formula is C30H35Cl2N3O4S. The zero-order chi connectivity index (χ0) is 29.4. The molecule has 0 aromatic heterocycles. The van der Waals surface area contributed by atoms with Crippen molar-refractivity contribution in [1.82, 2.24) is 10.2 Å². The van der Waals surface area contributed by atoms with Crippen molar-refractivity contribution in [2.75, 3.05) is 17.1 Å². The van der Waals surface area contributed by atoms with Gasteiger partial charge in [0, 0.05) is 19.0 Å². The Labute approximate surface area is 247 Å². The zero-order valence-electron chi connectivity index (χ0n) is 23.1. The van der Waals surface area contributed by atoms with Gasteiger partial charge in [0.2, 0.25) is 21.8 Å². The Morgan fingerprint density at radius 2 is 1.62 bits per heavy atom. The number of benzene rings is 3. The van der Waals surface area contributed by atoms with Gasteiger partial charge in [-0.15, -0.1) is 0 Å². The van der Waals surface area contributed by atoms with E-state index in [1.165, 1.54) is 4.90 Å².